The average Bonchev–Trinajstić information content (AvgIpc) is 3.46. The van der Waals surface area contributed by atoms with Gasteiger partial charge in [0.05, 0.1) is 10.5 Å². The van der Waals surface area contributed by atoms with E-state index in [1.54, 1.807) is 6.07 Å². The van der Waals surface area contributed by atoms with Crippen LogP contribution in [0.1, 0.15) is 51.6 Å². The van der Waals surface area contributed by atoms with Crippen molar-refractivity contribution >= 4 is 21.8 Å². The van der Waals surface area contributed by atoms with E-state index in [9.17, 15) is 18.0 Å². The number of hydrogen-bond donors (Lipinski definition) is 1. The molecule has 0 spiro atoms. The molecule has 0 radical (unpaired) electrons. The second-order valence-corrected chi connectivity index (χ2v) is 8.86. The van der Waals surface area contributed by atoms with Gasteiger partial charge in [-0.05, 0) is 69.5 Å². The molecule has 0 saturated heterocycles. The molecule has 3 rings (SSSR count). The van der Waals surface area contributed by atoms with Crippen LogP contribution in [0.4, 0.5) is 0 Å². The zero-order chi connectivity index (χ0) is 20.5. The molecule has 0 heterocycles. The molecule has 1 aliphatic rings. The summed E-state index contributed by atoms with van der Waals surface area (Å²) >= 11 is 0. The summed E-state index contributed by atoms with van der Waals surface area (Å²) in [6.45, 7) is 5.25. The molecule has 0 bridgehead atoms. The smallest absolute Gasteiger partial charge is 0.338 e. The van der Waals surface area contributed by atoms with E-state index in [2.05, 4.69) is 4.72 Å². The predicted octanol–water partition coefficient (Wildman–Crippen LogP) is 3.17. The van der Waals surface area contributed by atoms with Crippen LogP contribution in [0.25, 0.3) is 0 Å². The highest BCUT2D eigenvalue weighted by Gasteiger charge is 2.28. The van der Waals surface area contributed by atoms with Gasteiger partial charge in [-0.3, -0.25) is 4.79 Å². The Hall–Kier alpha value is -2.51. The summed E-state index contributed by atoms with van der Waals surface area (Å²) in [5.41, 5.74) is 2.47. The largest absolute Gasteiger partial charge is 0.451 e. The lowest BCUT2D eigenvalue weighted by molar-refractivity contribution is 0.0318. The molecule has 1 aliphatic carbocycles. The number of aryl methyl sites for hydroxylation is 2. The molecule has 0 aliphatic heterocycles. The van der Waals surface area contributed by atoms with Crippen molar-refractivity contribution in [2.75, 3.05) is 0 Å². The number of ketones is 1. The van der Waals surface area contributed by atoms with Gasteiger partial charge in [0.25, 0.3) is 0 Å². The molecule has 2 aromatic carbocycles. The van der Waals surface area contributed by atoms with Crippen molar-refractivity contribution in [3.8, 4) is 0 Å². The quantitative estimate of drug-likeness (QED) is 0.569. The topological polar surface area (TPSA) is 89.5 Å². The van der Waals surface area contributed by atoms with Gasteiger partial charge in [0.2, 0.25) is 15.8 Å². The van der Waals surface area contributed by atoms with Crippen LogP contribution in [0.5, 0.6) is 0 Å². The first-order valence-corrected chi connectivity index (χ1v) is 10.6. The van der Waals surface area contributed by atoms with Crippen molar-refractivity contribution in [2.24, 2.45) is 0 Å². The molecule has 0 aromatic heterocycles. The number of nitrogens with one attached hydrogen (secondary N) is 1. The van der Waals surface area contributed by atoms with E-state index in [0.29, 0.717) is 5.56 Å². The summed E-state index contributed by atoms with van der Waals surface area (Å²) in [5.74, 6) is -0.951. The average molecular weight is 401 g/mol. The number of Topliss-reactive ketones (excluding diaryl/α,β-unsaturated/α-hetero) is 1. The van der Waals surface area contributed by atoms with E-state index < -0.39 is 22.1 Å². The fourth-order valence-corrected chi connectivity index (χ4v) is 4.07. The fraction of sp³-hybridized carbons (Fsp3) is 0.333. The van der Waals surface area contributed by atoms with Crippen molar-refractivity contribution in [2.45, 2.75) is 50.7 Å². The number of carbonyl (C=O) groups is 2. The van der Waals surface area contributed by atoms with Gasteiger partial charge in [-0.15, -0.1) is 0 Å². The third-order valence-corrected chi connectivity index (χ3v) is 6.15. The normalized spacial score (nSPS) is 15.1. The Kier molecular flexibility index (Phi) is 5.67. The molecule has 1 saturated carbocycles. The molecule has 6 nitrogen and oxygen atoms in total. The maximum absolute atomic E-state index is 12.6. The van der Waals surface area contributed by atoms with E-state index in [4.69, 9.17) is 4.74 Å². The SMILES string of the molecule is Cc1ccc(C)c(C(=O)C(C)OC(=O)c2ccc(S(=O)(=O)NC3CC3)cc2)c1. The lowest BCUT2D eigenvalue weighted by Crippen LogP contribution is -2.26. The van der Waals surface area contributed by atoms with Crippen molar-refractivity contribution in [3.63, 3.8) is 0 Å². The van der Waals surface area contributed by atoms with Crippen LogP contribution >= 0.6 is 0 Å². The Morgan fingerprint density at radius 1 is 1.07 bits per heavy atom. The minimum absolute atomic E-state index is 0.00610. The minimum atomic E-state index is -3.58. The number of ether oxygens (including phenoxy) is 1. The Morgan fingerprint density at radius 3 is 2.32 bits per heavy atom. The van der Waals surface area contributed by atoms with Gasteiger partial charge in [0, 0.05) is 11.6 Å². The van der Waals surface area contributed by atoms with Crippen LogP contribution in [0, 0.1) is 13.8 Å². The highest BCUT2D eigenvalue weighted by Crippen LogP contribution is 2.22. The van der Waals surface area contributed by atoms with Gasteiger partial charge in [-0.1, -0.05) is 17.7 Å². The molecular weight excluding hydrogens is 378 g/mol. The standard InChI is InChI=1S/C21H23NO5S/c1-13-4-5-14(2)19(12-13)20(23)15(3)27-21(24)16-6-10-18(11-7-16)28(25,26)22-17-8-9-17/h4-7,10-12,15,17,22H,8-9H2,1-3H3. The Bertz CT molecular complexity index is 1010. The molecule has 1 atom stereocenters. The summed E-state index contributed by atoms with van der Waals surface area (Å²) in [7, 11) is -3.58. The Balaban J connectivity index is 1.68. The first-order valence-electron chi connectivity index (χ1n) is 9.12. The monoisotopic (exact) mass is 401 g/mol. The third kappa shape index (κ3) is 4.66. The number of rotatable bonds is 7. The third-order valence-electron chi connectivity index (χ3n) is 4.61. The second-order valence-electron chi connectivity index (χ2n) is 7.15. The molecule has 7 heteroatoms. The van der Waals surface area contributed by atoms with Gasteiger partial charge in [-0.25, -0.2) is 17.9 Å². The summed E-state index contributed by atoms with van der Waals surface area (Å²) in [6, 6.07) is 11.0. The lowest BCUT2D eigenvalue weighted by atomic mass is 9.99. The Labute approximate surface area is 165 Å². The maximum atomic E-state index is 12.6. The molecule has 28 heavy (non-hydrogen) atoms. The summed E-state index contributed by atoms with van der Waals surface area (Å²) in [4.78, 5) is 25.1. The summed E-state index contributed by atoms with van der Waals surface area (Å²) < 4.78 is 32.2. The molecule has 1 N–H and O–H groups in total. The van der Waals surface area contributed by atoms with Crippen molar-refractivity contribution in [1.29, 1.82) is 0 Å². The van der Waals surface area contributed by atoms with Gasteiger partial charge in [0.1, 0.15) is 0 Å². The molecule has 0 amide bonds. The Morgan fingerprint density at radius 2 is 1.71 bits per heavy atom. The number of carbonyl (C=O) groups excluding carboxylic acids is 2. The van der Waals surface area contributed by atoms with Crippen LogP contribution in [0.3, 0.4) is 0 Å². The van der Waals surface area contributed by atoms with Crippen LogP contribution < -0.4 is 4.72 Å². The first-order chi connectivity index (χ1) is 13.2. The summed E-state index contributed by atoms with van der Waals surface area (Å²) in [5, 5.41) is 0. The zero-order valence-electron chi connectivity index (χ0n) is 16.1. The first kappa shape index (κ1) is 20.2. The summed E-state index contributed by atoms with van der Waals surface area (Å²) in [6.07, 6.45) is 0.735. The maximum Gasteiger partial charge on any atom is 0.338 e. The number of sulfonamides is 1. The number of esters is 1. The fourth-order valence-electron chi connectivity index (χ4n) is 2.76. The van der Waals surface area contributed by atoms with E-state index >= 15 is 0 Å². The van der Waals surface area contributed by atoms with E-state index in [1.165, 1.54) is 31.2 Å². The van der Waals surface area contributed by atoms with Crippen molar-refractivity contribution in [1.82, 2.24) is 4.72 Å². The molecule has 148 valence electrons. The predicted molar refractivity (Wildman–Crippen MR) is 105 cm³/mol. The molecule has 1 fully saturated rings. The van der Waals surface area contributed by atoms with Crippen molar-refractivity contribution < 1.29 is 22.7 Å². The zero-order valence-corrected chi connectivity index (χ0v) is 16.9. The minimum Gasteiger partial charge on any atom is -0.451 e. The van der Waals surface area contributed by atoms with Crippen LogP contribution in [0.15, 0.2) is 47.4 Å². The highest BCUT2D eigenvalue weighted by molar-refractivity contribution is 7.89. The number of hydrogen-bond acceptors (Lipinski definition) is 5. The van der Waals surface area contributed by atoms with Gasteiger partial charge < -0.3 is 4.74 Å². The number of benzene rings is 2. The molecule has 1 unspecified atom stereocenters. The van der Waals surface area contributed by atoms with E-state index in [0.717, 1.165) is 24.0 Å². The van der Waals surface area contributed by atoms with E-state index in [1.807, 2.05) is 26.0 Å². The van der Waals surface area contributed by atoms with Crippen LogP contribution in [0.2, 0.25) is 0 Å². The van der Waals surface area contributed by atoms with Crippen LogP contribution in [-0.4, -0.2) is 32.3 Å². The van der Waals surface area contributed by atoms with Crippen LogP contribution in [-0.2, 0) is 14.8 Å². The lowest BCUT2D eigenvalue weighted by Gasteiger charge is -2.14. The van der Waals surface area contributed by atoms with E-state index in [-0.39, 0.29) is 22.3 Å². The second kappa shape index (κ2) is 7.85. The van der Waals surface area contributed by atoms with Gasteiger partial charge in [0.15, 0.2) is 6.10 Å². The highest BCUT2D eigenvalue weighted by atomic mass is 32.2. The molecular formula is C21H23NO5S. The van der Waals surface area contributed by atoms with Crippen molar-refractivity contribution in [3.05, 3.63) is 64.7 Å². The van der Waals surface area contributed by atoms with Gasteiger partial charge in [-0.2, -0.15) is 0 Å². The van der Waals surface area contributed by atoms with Gasteiger partial charge >= 0.3 is 5.97 Å². The molecule has 2 aromatic rings.